The molecule has 0 unspecified atom stereocenters. The number of nitrogens with zero attached hydrogens (tertiary/aromatic N) is 1. The number of pyridine rings is 1. The molecule has 0 spiro atoms. The van der Waals surface area contributed by atoms with Crippen molar-refractivity contribution < 1.29 is 4.42 Å². The molecule has 0 fully saturated rings. The Hall–Kier alpha value is -4.17. The number of hydrogen-bond acceptors (Lipinski definition) is 2. The smallest absolute Gasteiger partial charge is 0.143 e. The van der Waals surface area contributed by atoms with E-state index in [-0.39, 0.29) is 0 Å². The Morgan fingerprint density at radius 3 is 1.61 bits per heavy atom. The standard InChI is InChI=1S/C29H19NO/c1-3-9-20(10-4-1)23-13-7-15-25-26-16-8-14-24(29(26)31-28(23)25)22-17-18-27(30-19-22)21-11-5-2-6-12-21/h1-19H. The van der Waals surface area contributed by atoms with Gasteiger partial charge in [0, 0.05) is 39.2 Å². The molecule has 0 radical (unpaired) electrons. The van der Waals surface area contributed by atoms with Gasteiger partial charge in [-0.05, 0) is 11.6 Å². The van der Waals surface area contributed by atoms with Gasteiger partial charge in [-0.25, -0.2) is 0 Å². The molecule has 0 amide bonds. The van der Waals surface area contributed by atoms with Crippen LogP contribution in [0.15, 0.2) is 120 Å². The molecule has 0 aliphatic heterocycles. The zero-order valence-electron chi connectivity index (χ0n) is 16.8. The summed E-state index contributed by atoms with van der Waals surface area (Å²) in [6.45, 7) is 0. The molecular formula is C29H19NO. The minimum atomic E-state index is 0.898. The average molecular weight is 397 g/mol. The fraction of sp³-hybridized carbons (Fsp3) is 0. The summed E-state index contributed by atoms with van der Waals surface area (Å²) in [5.41, 5.74) is 8.27. The lowest BCUT2D eigenvalue weighted by molar-refractivity contribution is 0.671. The van der Waals surface area contributed by atoms with Crippen molar-refractivity contribution in [3.8, 4) is 33.5 Å². The molecule has 146 valence electrons. The highest BCUT2D eigenvalue weighted by molar-refractivity contribution is 6.12. The normalized spacial score (nSPS) is 11.2. The minimum absolute atomic E-state index is 0.898. The van der Waals surface area contributed by atoms with E-state index in [0.29, 0.717) is 0 Å². The van der Waals surface area contributed by atoms with Gasteiger partial charge < -0.3 is 4.42 Å². The quantitative estimate of drug-likeness (QED) is 0.302. The van der Waals surface area contributed by atoms with Crippen LogP contribution in [0, 0.1) is 0 Å². The highest BCUT2D eigenvalue weighted by Gasteiger charge is 2.15. The first-order chi connectivity index (χ1) is 15.4. The lowest BCUT2D eigenvalue weighted by Crippen LogP contribution is -1.85. The van der Waals surface area contributed by atoms with E-state index >= 15 is 0 Å². The van der Waals surface area contributed by atoms with Gasteiger partial charge in [0.15, 0.2) is 0 Å². The third kappa shape index (κ3) is 3.01. The van der Waals surface area contributed by atoms with E-state index in [9.17, 15) is 0 Å². The summed E-state index contributed by atoms with van der Waals surface area (Å²) in [4.78, 5) is 4.71. The molecule has 2 aromatic heterocycles. The molecule has 0 N–H and O–H groups in total. The maximum atomic E-state index is 6.51. The summed E-state index contributed by atoms with van der Waals surface area (Å²) >= 11 is 0. The monoisotopic (exact) mass is 397 g/mol. The summed E-state index contributed by atoms with van der Waals surface area (Å²) in [5, 5.41) is 2.25. The van der Waals surface area contributed by atoms with E-state index in [0.717, 1.165) is 55.4 Å². The SMILES string of the molecule is c1ccc(-c2ccc(-c3cccc4c3oc3c(-c5ccccc5)cccc34)cn2)cc1. The van der Waals surface area contributed by atoms with Gasteiger partial charge in [0.2, 0.25) is 0 Å². The largest absolute Gasteiger partial charge is 0.455 e. The van der Waals surface area contributed by atoms with E-state index in [4.69, 9.17) is 9.40 Å². The molecule has 0 aliphatic rings. The molecule has 2 nitrogen and oxygen atoms in total. The predicted molar refractivity (Wildman–Crippen MR) is 128 cm³/mol. The summed E-state index contributed by atoms with van der Waals surface area (Å²) in [6, 6.07) is 37.5. The summed E-state index contributed by atoms with van der Waals surface area (Å²) in [6.07, 6.45) is 1.93. The molecule has 0 aliphatic carbocycles. The van der Waals surface area contributed by atoms with Gasteiger partial charge in [-0.3, -0.25) is 4.98 Å². The summed E-state index contributed by atoms with van der Waals surface area (Å²) in [7, 11) is 0. The fourth-order valence-corrected chi connectivity index (χ4v) is 4.23. The topological polar surface area (TPSA) is 26.0 Å². The van der Waals surface area contributed by atoms with Crippen LogP contribution in [0.25, 0.3) is 55.4 Å². The highest BCUT2D eigenvalue weighted by atomic mass is 16.3. The van der Waals surface area contributed by atoms with Gasteiger partial charge in [-0.15, -0.1) is 0 Å². The van der Waals surface area contributed by atoms with Crippen molar-refractivity contribution >= 4 is 21.9 Å². The minimum Gasteiger partial charge on any atom is -0.455 e. The molecule has 6 rings (SSSR count). The average Bonchev–Trinajstić information content (AvgIpc) is 3.24. The van der Waals surface area contributed by atoms with Crippen molar-refractivity contribution in [2.45, 2.75) is 0 Å². The second-order valence-electron chi connectivity index (χ2n) is 7.63. The molecular weight excluding hydrogens is 378 g/mol. The van der Waals surface area contributed by atoms with Gasteiger partial charge in [0.1, 0.15) is 11.2 Å². The zero-order chi connectivity index (χ0) is 20.6. The van der Waals surface area contributed by atoms with Crippen LogP contribution in [0.1, 0.15) is 0 Å². The van der Waals surface area contributed by atoms with Crippen LogP contribution >= 0.6 is 0 Å². The van der Waals surface area contributed by atoms with Crippen LogP contribution in [0.3, 0.4) is 0 Å². The van der Waals surface area contributed by atoms with Crippen molar-refractivity contribution in [1.29, 1.82) is 0 Å². The number of aromatic nitrogens is 1. The molecule has 2 heterocycles. The summed E-state index contributed by atoms with van der Waals surface area (Å²) in [5.74, 6) is 0. The van der Waals surface area contributed by atoms with Gasteiger partial charge >= 0.3 is 0 Å². The second kappa shape index (κ2) is 7.26. The molecule has 0 bridgehead atoms. The van der Waals surface area contributed by atoms with Crippen LogP contribution < -0.4 is 0 Å². The maximum absolute atomic E-state index is 6.51. The van der Waals surface area contributed by atoms with E-state index in [2.05, 4.69) is 84.9 Å². The summed E-state index contributed by atoms with van der Waals surface area (Å²) < 4.78 is 6.51. The Morgan fingerprint density at radius 1 is 0.452 bits per heavy atom. The molecule has 0 atom stereocenters. The van der Waals surface area contributed by atoms with Gasteiger partial charge in [-0.2, -0.15) is 0 Å². The van der Waals surface area contributed by atoms with Gasteiger partial charge in [-0.1, -0.05) is 103 Å². The third-order valence-corrected chi connectivity index (χ3v) is 5.75. The molecule has 6 aromatic rings. The Kier molecular flexibility index (Phi) is 4.14. The number of benzene rings is 4. The second-order valence-corrected chi connectivity index (χ2v) is 7.63. The Balaban J connectivity index is 1.52. The molecule has 2 heteroatoms. The van der Waals surface area contributed by atoms with E-state index in [1.54, 1.807) is 0 Å². The molecule has 31 heavy (non-hydrogen) atoms. The van der Waals surface area contributed by atoms with E-state index < -0.39 is 0 Å². The van der Waals surface area contributed by atoms with Crippen molar-refractivity contribution in [2.75, 3.05) is 0 Å². The predicted octanol–water partition coefficient (Wildman–Crippen LogP) is 7.98. The van der Waals surface area contributed by atoms with Gasteiger partial charge in [0.05, 0.1) is 5.69 Å². The Morgan fingerprint density at radius 2 is 1.03 bits per heavy atom. The highest BCUT2D eigenvalue weighted by Crippen LogP contribution is 2.39. The Labute approximate surface area is 180 Å². The number of fused-ring (bicyclic) bond motifs is 3. The first-order valence-corrected chi connectivity index (χ1v) is 10.4. The molecule has 0 saturated heterocycles. The van der Waals surface area contributed by atoms with Crippen molar-refractivity contribution in [3.63, 3.8) is 0 Å². The van der Waals surface area contributed by atoms with Gasteiger partial charge in [0.25, 0.3) is 0 Å². The molecule has 4 aromatic carbocycles. The lowest BCUT2D eigenvalue weighted by Gasteiger charge is -2.05. The van der Waals surface area contributed by atoms with Crippen LogP contribution in [0.5, 0.6) is 0 Å². The maximum Gasteiger partial charge on any atom is 0.143 e. The van der Waals surface area contributed by atoms with Crippen molar-refractivity contribution in [2.24, 2.45) is 0 Å². The fourth-order valence-electron chi connectivity index (χ4n) is 4.23. The Bertz CT molecular complexity index is 1500. The zero-order valence-corrected chi connectivity index (χ0v) is 16.8. The number of rotatable bonds is 3. The third-order valence-electron chi connectivity index (χ3n) is 5.75. The van der Waals surface area contributed by atoms with E-state index in [1.165, 1.54) is 0 Å². The first kappa shape index (κ1) is 17.7. The molecule has 0 saturated carbocycles. The van der Waals surface area contributed by atoms with Crippen LogP contribution in [-0.4, -0.2) is 4.98 Å². The van der Waals surface area contributed by atoms with E-state index in [1.807, 2.05) is 30.5 Å². The van der Waals surface area contributed by atoms with Crippen LogP contribution in [-0.2, 0) is 0 Å². The number of hydrogen-bond donors (Lipinski definition) is 0. The number of furan rings is 1. The first-order valence-electron chi connectivity index (χ1n) is 10.4. The van der Waals surface area contributed by atoms with Crippen molar-refractivity contribution in [1.82, 2.24) is 4.98 Å². The van der Waals surface area contributed by atoms with Crippen molar-refractivity contribution in [3.05, 3.63) is 115 Å². The lowest BCUT2D eigenvalue weighted by atomic mass is 10.0. The van der Waals surface area contributed by atoms with Crippen LogP contribution in [0.2, 0.25) is 0 Å². The number of para-hydroxylation sites is 2. The van der Waals surface area contributed by atoms with Crippen LogP contribution in [0.4, 0.5) is 0 Å².